The number of allylic oxidation sites excluding steroid dienone is 1. The summed E-state index contributed by atoms with van der Waals surface area (Å²) in [5.41, 5.74) is -2.08. The van der Waals surface area contributed by atoms with E-state index in [1.165, 1.54) is 6.07 Å². The van der Waals surface area contributed by atoms with E-state index in [4.69, 9.17) is 16.7 Å². The van der Waals surface area contributed by atoms with Crippen molar-refractivity contribution in [3.05, 3.63) is 51.3 Å². The third kappa shape index (κ3) is 3.16. The van der Waals surface area contributed by atoms with Crippen LogP contribution in [0.2, 0.25) is 5.02 Å². The second kappa shape index (κ2) is 5.52. The molecule has 6 nitrogen and oxygen atoms in total. The number of nitrogens with zero attached hydrogens (tertiary/aromatic N) is 1. The number of benzene rings is 1. The molecular formula is C13H10ClF3N2O4. The topological polar surface area (TPSA) is 89.5 Å². The number of quaternary nitrogens is 1. The summed E-state index contributed by atoms with van der Waals surface area (Å²) in [6.07, 6.45) is -6.47. The van der Waals surface area contributed by atoms with Gasteiger partial charge in [0.25, 0.3) is 5.91 Å². The van der Waals surface area contributed by atoms with Gasteiger partial charge in [0.05, 0.1) is 23.7 Å². The predicted octanol–water partition coefficient (Wildman–Crippen LogP) is 2.56. The Bertz CT molecular complexity index is 716. The number of nitrogens with one attached hydrogen (secondary N) is 1. The first kappa shape index (κ1) is 17.3. The molecule has 0 radical (unpaired) electrons. The van der Waals surface area contributed by atoms with Gasteiger partial charge in [0.2, 0.25) is 5.70 Å². The maximum Gasteiger partial charge on any atom is 0.467 e. The Morgan fingerprint density at radius 3 is 2.57 bits per heavy atom. The van der Waals surface area contributed by atoms with E-state index in [1.54, 1.807) is 0 Å². The summed E-state index contributed by atoms with van der Waals surface area (Å²) in [6.45, 7) is 0. The number of carboxylic acids is 1. The molecule has 2 N–H and O–H groups in total. The molecule has 0 saturated carbocycles. The molecule has 1 amide bonds. The Kier molecular flexibility index (Phi) is 4.14. The van der Waals surface area contributed by atoms with E-state index in [0.29, 0.717) is 0 Å². The molecule has 0 fully saturated rings. The fourth-order valence-corrected chi connectivity index (χ4v) is 2.47. The van der Waals surface area contributed by atoms with Gasteiger partial charge in [-0.1, -0.05) is 11.6 Å². The van der Waals surface area contributed by atoms with Gasteiger partial charge in [0.15, 0.2) is 6.17 Å². The molecule has 23 heavy (non-hydrogen) atoms. The van der Waals surface area contributed by atoms with Gasteiger partial charge in [0.1, 0.15) is 0 Å². The van der Waals surface area contributed by atoms with Crippen molar-refractivity contribution < 1.29 is 32.5 Å². The number of halogens is 4. The van der Waals surface area contributed by atoms with Crippen LogP contribution in [0.15, 0.2) is 30.0 Å². The third-order valence-corrected chi connectivity index (χ3v) is 3.67. The van der Waals surface area contributed by atoms with E-state index >= 15 is 0 Å². The van der Waals surface area contributed by atoms with E-state index in [-0.39, 0.29) is 22.2 Å². The Morgan fingerprint density at radius 1 is 1.43 bits per heavy atom. The number of amides is 1. The van der Waals surface area contributed by atoms with Crippen LogP contribution in [-0.2, 0) is 4.79 Å². The Balaban J connectivity index is 2.56. The molecule has 2 atom stereocenters. The van der Waals surface area contributed by atoms with Crippen LogP contribution in [0.4, 0.5) is 13.2 Å². The zero-order valence-electron chi connectivity index (χ0n) is 11.5. The number of carboxylic acid groups (broad SMARTS) is 1. The van der Waals surface area contributed by atoms with Crippen molar-refractivity contribution in [1.82, 2.24) is 5.32 Å². The average molecular weight is 351 g/mol. The molecule has 1 heterocycles. The Morgan fingerprint density at radius 2 is 2.04 bits per heavy atom. The molecule has 1 aromatic carbocycles. The van der Waals surface area contributed by atoms with Crippen molar-refractivity contribution >= 4 is 23.5 Å². The molecular weight excluding hydrogens is 341 g/mol. The van der Waals surface area contributed by atoms with Crippen LogP contribution in [0.1, 0.15) is 22.1 Å². The highest BCUT2D eigenvalue weighted by atomic mass is 35.5. The summed E-state index contributed by atoms with van der Waals surface area (Å²) in [6, 6.07) is 3.29. The number of carbonyl (C=O) groups is 2. The summed E-state index contributed by atoms with van der Waals surface area (Å²) >= 11 is 5.69. The molecule has 0 aromatic heterocycles. The molecule has 124 valence electrons. The smallest absolute Gasteiger partial charge is 0.467 e. The molecule has 1 aliphatic heterocycles. The lowest BCUT2D eigenvalue weighted by atomic mass is 10.0. The van der Waals surface area contributed by atoms with E-state index in [2.05, 4.69) is 5.32 Å². The number of hydroxylamine groups is 3. The molecule has 2 unspecified atom stereocenters. The van der Waals surface area contributed by atoms with Gasteiger partial charge in [-0.3, -0.25) is 10.1 Å². The second-order valence-electron chi connectivity index (χ2n) is 4.97. The zero-order chi connectivity index (χ0) is 17.6. The average Bonchev–Trinajstić information content (AvgIpc) is 2.40. The number of hydrogen-bond acceptors (Lipinski definition) is 3. The molecule has 0 saturated heterocycles. The summed E-state index contributed by atoms with van der Waals surface area (Å²) in [5.74, 6) is -2.51. The minimum Gasteiger partial charge on any atom is -0.626 e. The normalized spacial score (nSPS) is 24.9. The first-order valence-electron chi connectivity index (χ1n) is 6.14. The quantitative estimate of drug-likeness (QED) is 0.633. The largest absolute Gasteiger partial charge is 0.626 e. The molecule has 0 spiro atoms. The number of hydrogen-bond donors (Lipinski definition) is 2. The minimum atomic E-state index is -5.01. The fourth-order valence-electron chi connectivity index (χ4n) is 2.27. The highest BCUT2D eigenvalue weighted by molar-refractivity contribution is 6.33. The number of aromatic carboxylic acids is 1. The molecule has 2 rings (SSSR count). The summed E-state index contributed by atoms with van der Waals surface area (Å²) in [7, 11) is 0.721. The van der Waals surface area contributed by atoms with Crippen molar-refractivity contribution in [3.63, 3.8) is 0 Å². The monoisotopic (exact) mass is 350 g/mol. The van der Waals surface area contributed by atoms with Crippen LogP contribution in [0.3, 0.4) is 0 Å². The van der Waals surface area contributed by atoms with Crippen molar-refractivity contribution in [2.75, 3.05) is 7.05 Å². The van der Waals surface area contributed by atoms with Crippen LogP contribution in [0, 0.1) is 5.21 Å². The van der Waals surface area contributed by atoms with Crippen molar-refractivity contribution in [2.24, 2.45) is 0 Å². The Labute approximate surface area is 132 Å². The van der Waals surface area contributed by atoms with Gasteiger partial charge in [-0.25, -0.2) is 4.79 Å². The summed E-state index contributed by atoms with van der Waals surface area (Å²) < 4.78 is 37.0. The van der Waals surface area contributed by atoms with Gasteiger partial charge in [-0.05, 0) is 18.2 Å². The zero-order valence-corrected chi connectivity index (χ0v) is 12.3. The number of rotatable bonds is 2. The van der Waals surface area contributed by atoms with Crippen LogP contribution in [0.25, 0.3) is 0 Å². The minimum absolute atomic E-state index is 0.104. The molecule has 0 bridgehead atoms. The molecule has 1 aromatic rings. The van der Waals surface area contributed by atoms with Gasteiger partial charge in [-0.2, -0.15) is 13.2 Å². The van der Waals surface area contributed by atoms with Gasteiger partial charge in [-0.15, -0.1) is 0 Å². The molecule has 0 aliphatic carbocycles. The van der Waals surface area contributed by atoms with Gasteiger partial charge in [0, 0.05) is 5.56 Å². The lowest BCUT2D eigenvalue weighted by Gasteiger charge is -2.48. The predicted molar refractivity (Wildman–Crippen MR) is 73.0 cm³/mol. The maximum absolute atomic E-state index is 13.0. The first-order valence-corrected chi connectivity index (χ1v) is 6.52. The third-order valence-electron chi connectivity index (χ3n) is 3.34. The molecule has 10 heteroatoms. The van der Waals surface area contributed by atoms with E-state index in [0.717, 1.165) is 19.2 Å². The maximum atomic E-state index is 13.0. The summed E-state index contributed by atoms with van der Waals surface area (Å²) in [5, 5.41) is 23.5. The SMILES string of the molecule is C[N+]1([O-])C(C(F)(F)F)=CC(=O)NC1c1ccc(Cl)c(C(=O)O)c1. The van der Waals surface area contributed by atoms with Crippen LogP contribution in [0.5, 0.6) is 0 Å². The van der Waals surface area contributed by atoms with Gasteiger partial charge >= 0.3 is 12.1 Å². The van der Waals surface area contributed by atoms with Crippen LogP contribution in [-0.4, -0.2) is 34.9 Å². The fraction of sp³-hybridized carbons (Fsp3) is 0.231. The second-order valence-corrected chi connectivity index (χ2v) is 5.38. The first-order chi connectivity index (χ1) is 10.4. The lowest BCUT2D eigenvalue weighted by molar-refractivity contribution is -0.868. The van der Waals surface area contributed by atoms with Crippen LogP contribution < -0.4 is 5.32 Å². The van der Waals surface area contributed by atoms with E-state index < -0.39 is 34.6 Å². The summed E-state index contributed by atoms with van der Waals surface area (Å²) in [4.78, 5) is 22.6. The Hall–Kier alpha value is -2.10. The lowest BCUT2D eigenvalue weighted by Crippen LogP contribution is -2.55. The highest BCUT2D eigenvalue weighted by Gasteiger charge is 2.50. The standard InChI is InChI=1S/C13H10ClF3N2O4/c1-19(23)9(13(15,16)17)5-10(20)18-11(19)6-2-3-8(14)7(4-6)12(21)22/h2-5,11H,1H3,(H,18,20)(H,21,22). The van der Waals surface area contributed by atoms with Crippen molar-refractivity contribution in [2.45, 2.75) is 12.3 Å². The van der Waals surface area contributed by atoms with Crippen molar-refractivity contribution in [1.29, 1.82) is 0 Å². The van der Waals surface area contributed by atoms with E-state index in [1.807, 2.05) is 0 Å². The number of alkyl halides is 3. The van der Waals surface area contributed by atoms with E-state index in [9.17, 15) is 28.0 Å². The van der Waals surface area contributed by atoms with Gasteiger partial charge < -0.3 is 15.0 Å². The number of carbonyl (C=O) groups excluding carboxylic acids is 1. The van der Waals surface area contributed by atoms with Crippen LogP contribution >= 0.6 is 11.6 Å². The van der Waals surface area contributed by atoms with Crippen molar-refractivity contribution in [3.8, 4) is 0 Å². The highest BCUT2D eigenvalue weighted by Crippen LogP contribution is 2.40. The molecule has 1 aliphatic rings.